The molecule has 14 rings (SSSR count). The van der Waals surface area contributed by atoms with Gasteiger partial charge in [0.15, 0.2) is 8.07 Å². The fourth-order valence-electron chi connectivity index (χ4n) is 12.7. The highest BCUT2D eigenvalue weighted by atomic mass is 28.3. The molecule has 3 heteroatoms. The molecule has 12 aromatic carbocycles. The van der Waals surface area contributed by atoms with Crippen molar-refractivity contribution < 1.29 is 0 Å². The molecule has 0 saturated carbocycles. The molecular weight excluding hydrogens is 909 g/mol. The standard InChI is InChI=1S/C71H50N2Si/c1-5-25-53(26-6-1)71(65-39-17-15-36-63(65)64-37-16-18-40-66(64)71)54-27-22-30-57(49-54)72(56-45-43-52(44-46-56)62-38-21-24-51-23-13-14-35-61(51)62)58-47-48-68-70(50-58)74(59-31-9-3-10-32-59,60-33-11-4-12-34-60)69-42-20-19-41-67(69)73(68)55-28-7-2-8-29-55/h1-50H. The van der Waals surface area contributed by atoms with Crippen LogP contribution in [0.25, 0.3) is 33.0 Å². The zero-order valence-electron chi connectivity index (χ0n) is 40.8. The van der Waals surface area contributed by atoms with Crippen molar-refractivity contribution in [1.82, 2.24) is 0 Å². The van der Waals surface area contributed by atoms with E-state index >= 15 is 0 Å². The van der Waals surface area contributed by atoms with Crippen molar-refractivity contribution in [2.75, 3.05) is 9.80 Å². The quantitative estimate of drug-likeness (QED) is 0.133. The van der Waals surface area contributed by atoms with E-state index in [-0.39, 0.29) is 0 Å². The Labute approximate surface area is 434 Å². The number of rotatable bonds is 9. The number of anilines is 6. The lowest BCUT2D eigenvalue weighted by molar-refractivity contribution is 0.768. The summed E-state index contributed by atoms with van der Waals surface area (Å²) in [6.07, 6.45) is 0. The molecule has 0 spiro atoms. The first kappa shape index (κ1) is 43.5. The number of nitrogens with zero attached hydrogens (tertiary/aromatic N) is 2. The van der Waals surface area contributed by atoms with Gasteiger partial charge in [0.25, 0.3) is 0 Å². The summed E-state index contributed by atoms with van der Waals surface area (Å²) in [6.45, 7) is 0. The van der Waals surface area contributed by atoms with E-state index in [1.54, 1.807) is 0 Å². The second-order valence-electron chi connectivity index (χ2n) is 19.5. The smallest absolute Gasteiger partial charge is 0.184 e. The molecule has 0 fully saturated rings. The number of hydrogen-bond acceptors (Lipinski definition) is 2. The van der Waals surface area contributed by atoms with E-state index in [2.05, 4.69) is 313 Å². The Kier molecular flexibility index (Phi) is 10.5. The van der Waals surface area contributed by atoms with E-state index in [1.165, 1.54) is 87.4 Å². The fourth-order valence-corrected chi connectivity index (χ4v) is 17.9. The molecule has 1 aliphatic heterocycles. The van der Waals surface area contributed by atoms with Crippen LogP contribution in [0.5, 0.6) is 0 Å². The molecule has 1 heterocycles. The predicted octanol–water partition coefficient (Wildman–Crippen LogP) is 15.5. The van der Waals surface area contributed by atoms with Crippen LogP contribution in [0.3, 0.4) is 0 Å². The van der Waals surface area contributed by atoms with Crippen molar-refractivity contribution >= 4 is 73.7 Å². The van der Waals surface area contributed by atoms with Crippen molar-refractivity contribution in [3.05, 3.63) is 326 Å². The van der Waals surface area contributed by atoms with Gasteiger partial charge in [-0.15, -0.1) is 0 Å². The van der Waals surface area contributed by atoms with Gasteiger partial charge in [-0.25, -0.2) is 0 Å². The van der Waals surface area contributed by atoms with Gasteiger partial charge in [-0.3, -0.25) is 0 Å². The molecule has 74 heavy (non-hydrogen) atoms. The maximum atomic E-state index is 2.55. The number of fused-ring (bicyclic) bond motifs is 6. The van der Waals surface area contributed by atoms with Crippen molar-refractivity contribution in [2.24, 2.45) is 0 Å². The largest absolute Gasteiger partial charge is 0.311 e. The van der Waals surface area contributed by atoms with Gasteiger partial charge in [0, 0.05) is 34.1 Å². The molecule has 0 amide bonds. The van der Waals surface area contributed by atoms with E-state index in [4.69, 9.17) is 0 Å². The molecule has 0 radical (unpaired) electrons. The van der Waals surface area contributed by atoms with Crippen LogP contribution in [0.15, 0.2) is 303 Å². The maximum Gasteiger partial charge on any atom is 0.184 e. The summed E-state index contributed by atoms with van der Waals surface area (Å²) in [5.41, 5.74) is 16.3. The van der Waals surface area contributed by atoms with E-state index in [0.29, 0.717) is 0 Å². The van der Waals surface area contributed by atoms with Crippen molar-refractivity contribution in [1.29, 1.82) is 0 Å². The van der Waals surface area contributed by atoms with Crippen molar-refractivity contribution in [2.45, 2.75) is 5.41 Å². The Balaban J connectivity index is 1.05. The van der Waals surface area contributed by atoms with Gasteiger partial charge >= 0.3 is 0 Å². The van der Waals surface area contributed by atoms with Crippen LogP contribution in [-0.4, -0.2) is 8.07 Å². The van der Waals surface area contributed by atoms with E-state index in [9.17, 15) is 0 Å². The number of benzene rings is 12. The molecule has 1 aliphatic carbocycles. The van der Waals surface area contributed by atoms with Crippen molar-refractivity contribution in [3.63, 3.8) is 0 Å². The van der Waals surface area contributed by atoms with Crippen LogP contribution in [0.2, 0.25) is 0 Å². The zero-order valence-corrected chi connectivity index (χ0v) is 41.8. The fraction of sp³-hybridized carbons (Fsp3) is 0.0141. The Morgan fingerprint density at radius 1 is 0.324 bits per heavy atom. The summed E-state index contributed by atoms with van der Waals surface area (Å²) in [5.74, 6) is 0. The third-order valence-corrected chi connectivity index (χ3v) is 20.6. The monoisotopic (exact) mass is 958 g/mol. The van der Waals surface area contributed by atoms with Crippen LogP contribution in [-0.2, 0) is 5.41 Å². The van der Waals surface area contributed by atoms with Gasteiger partial charge in [-0.05, 0) is 137 Å². The highest BCUT2D eigenvalue weighted by Gasteiger charge is 2.50. The Bertz CT molecular complexity index is 3930. The van der Waals surface area contributed by atoms with Gasteiger partial charge in [-0.2, -0.15) is 0 Å². The summed E-state index contributed by atoms with van der Waals surface area (Å²) >= 11 is 0. The molecule has 0 aromatic heterocycles. The Hall–Kier alpha value is -9.28. The third-order valence-electron chi connectivity index (χ3n) is 15.8. The molecule has 2 aliphatic rings. The number of hydrogen-bond donors (Lipinski definition) is 0. The van der Waals surface area contributed by atoms with Crippen LogP contribution >= 0.6 is 0 Å². The lowest BCUT2D eigenvalue weighted by Gasteiger charge is -2.45. The lowest BCUT2D eigenvalue weighted by atomic mass is 9.67. The highest BCUT2D eigenvalue weighted by Crippen LogP contribution is 2.56. The molecule has 0 N–H and O–H groups in total. The second kappa shape index (κ2) is 17.8. The topological polar surface area (TPSA) is 6.48 Å². The predicted molar refractivity (Wildman–Crippen MR) is 313 cm³/mol. The summed E-state index contributed by atoms with van der Waals surface area (Å²) in [6, 6.07) is 113. The highest BCUT2D eigenvalue weighted by molar-refractivity contribution is 7.21. The van der Waals surface area contributed by atoms with Gasteiger partial charge in [-0.1, -0.05) is 243 Å². The SMILES string of the molecule is c1ccc(N2c3ccccc3[Si](c3ccccc3)(c3ccccc3)c3cc(N(c4ccc(-c5cccc6ccccc56)cc4)c4cccc(C5(c6ccccc6)c6ccccc6-c6ccccc65)c4)ccc32)cc1. The molecule has 0 unspecified atom stereocenters. The van der Waals surface area contributed by atoms with E-state index in [1.807, 2.05) is 0 Å². The minimum Gasteiger partial charge on any atom is -0.311 e. The van der Waals surface area contributed by atoms with Crippen LogP contribution in [0.4, 0.5) is 34.1 Å². The summed E-state index contributed by atoms with van der Waals surface area (Å²) in [4.78, 5) is 5.00. The van der Waals surface area contributed by atoms with E-state index in [0.717, 1.165) is 22.7 Å². The average molecular weight is 959 g/mol. The minimum atomic E-state index is -3.05. The molecule has 12 aromatic rings. The average Bonchev–Trinajstić information content (AvgIpc) is 3.79. The normalized spacial score (nSPS) is 13.6. The van der Waals surface area contributed by atoms with Gasteiger partial charge < -0.3 is 9.80 Å². The van der Waals surface area contributed by atoms with Gasteiger partial charge in [0.1, 0.15) is 0 Å². The van der Waals surface area contributed by atoms with Crippen LogP contribution in [0.1, 0.15) is 22.3 Å². The van der Waals surface area contributed by atoms with Gasteiger partial charge in [0.2, 0.25) is 0 Å². The zero-order chi connectivity index (χ0) is 49.1. The Morgan fingerprint density at radius 3 is 1.53 bits per heavy atom. The summed E-state index contributed by atoms with van der Waals surface area (Å²) in [5, 5.41) is 7.88. The van der Waals surface area contributed by atoms with Crippen LogP contribution in [0, 0.1) is 0 Å². The van der Waals surface area contributed by atoms with E-state index < -0.39 is 13.5 Å². The lowest BCUT2D eigenvalue weighted by Crippen LogP contribution is -2.77. The Morgan fingerprint density at radius 2 is 0.824 bits per heavy atom. The van der Waals surface area contributed by atoms with Gasteiger partial charge in [0.05, 0.1) is 5.41 Å². The molecule has 0 atom stereocenters. The first-order valence-electron chi connectivity index (χ1n) is 25.7. The molecule has 0 saturated heterocycles. The third kappa shape index (κ3) is 6.64. The number of para-hydroxylation sites is 2. The molecular formula is C71H50N2Si. The first-order chi connectivity index (χ1) is 36.7. The molecule has 2 nitrogen and oxygen atoms in total. The molecule has 0 bridgehead atoms. The summed E-state index contributed by atoms with van der Waals surface area (Å²) in [7, 11) is -3.05. The maximum absolute atomic E-state index is 3.05. The summed E-state index contributed by atoms with van der Waals surface area (Å²) < 4.78 is 0. The van der Waals surface area contributed by atoms with Crippen LogP contribution < -0.4 is 30.5 Å². The first-order valence-corrected chi connectivity index (χ1v) is 27.7. The molecule has 348 valence electrons. The minimum absolute atomic E-state index is 0.563. The second-order valence-corrected chi connectivity index (χ2v) is 23.3. The van der Waals surface area contributed by atoms with Crippen molar-refractivity contribution in [3.8, 4) is 22.3 Å².